The third-order valence-electron chi connectivity index (χ3n) is 2.16. The van der Waals surface area contributed by atoms with Gasteiger partial charge in [0.15, 0.2) is 0 Å². The Kier molecular flexibility index (Phi) is 3.51. The Morgan fingerprint density at radius 2 is 2.07 bits per heavy atom. The van der Waals surface area contributed by atoms with Crippen LogP contribution in [0, 0.1) is 0 Å². The lowest BCUT2D eigenvalue weighted by Crippen LogP contribution is -2.16. The van der Waals surface area contributed by atoms with Crippen molar-refractivity contribution in [1.82, 2.24) is 0 Å². The van der Waals surface area contributed by atoms with Crippen molar-refractivity contribution in [2.45, 2.75) is 12.3 Å². The van der Waals surface area contributed by atoms with Gasteiger partial charge in [0.25, 0.3) is 0 Å². The van der Waals surface area contributed by atoms with Gasteiger partial charge in [-0.15, -0.1) is 0 Å². The number of hydrogen-bond donors (Lipinski definition) is 4. The third-order valence-corrected chi connectivity index (χ3v) is 2.16. The first kappa shape index (κ1) is 11.3. The summed E-state index contributed by atoms with van der Waals surface area (Å²) in [6.45, 7) is 0.101. The SMILES string of the molecule is NCC(CC(=O)O)c1cc(O)ccc1O. The molecule has 0 aromatic heterocycles. The number of nitrogens with two attached hydrogens (primary N) is 1. The fourth-order valence-electron chi connectivity index (χ4n) is 1.40. The van der Waals surface area contributed by atoms with E-state index in [4.69, 9.17) is 10.8 Å². The second-order valence-electron chi connectivity index (χ2n) is 3.27. The van der Waals surface area contributed by atoms with E-state index < -0.39 is 11.9 Å². The number of carboxylic acids is 1. The first-order valence-corrected chi connectivity index (χ1v) is 4.48. The van der Waals surface area contributed by atoms with E-state index in [1.54, 1.807) is 0 Å². The highest BCUT2D eigenvalue weighted by Crippen LogP contribution is 2.30. The van der Waals surface area contributed by atoms with E-state index in [-0.39, 0.29) is 24.5 Å². The van der Waals surface area contributed by atoms with Crippen LogP contribution in [-0.4, -0.2) is 27.8 Å². The molecule has 0 bridgehead atoms. The molecule has 0 fully saturated rings. The van der Waals surface area contributed by atoms with Crippen molar-refractivity contribution < 1.29 is 20.1 Å². The van der Waals surface area contributed by atoms with Crippen LogP contribution in [0.15, 0.2) is 18.2 Å². The zero-order chi connectivity index (χ0) is 11.4. The Bertz CT molecular complexity index is 364. The number of hydrogen-bond acceptors (Lipinski definition) is 4. The molecule has 5 nitrogen and oxygen atoms in total. The molecule has 0 radical (unpaired) electrons. The average Bonchev–Trinajstić information content (AvgIpc) is 2.18. The summed E-state index contributed by atoms with van der Waals surface area (Å²) in [6, 6.07) is 3.97. The fourth-order valence-corrected chi connectivity index (χ4v) is 1.40. The van der Waals surface area contributed by atoms with Crippen molar-refractivity contribution in [2.75, 3.05) is 6.54 Å². The number of aromatic hydroxyl groups is 2. The molecule has 1 aromatic carbocycles. The molecule has 5 heteroatoms. The van der Waals surface area contributed by atoms with Gasteiger partial charge in [0.1, 0.15) is 11.5 Å². The molecule has 5 N–H and O–H groups in total. The van der Waals surface area contributed by atoms with E-state index in [0.717, 1.165) is 0 Å². The zero-order valence-corrected chi connectivity index (χ0v) is 8.05. The summed E-state index contributed by atoms with van der Waals surface area (Å²) in [7, 11) is 0. The van der Waals surface area contributed by atoms with E-state index in [2.05, 4.69) is 0 Å². The predicted octanol–water partition coefficient (Wildman–Crippen LogP) is 0.615. The summed E-state index contributed by atoms with van der Waals surface area (Å²) in [6.07, 6.45) is -0.173. The maximum absolute atomic E-state index is 10.5. The highest BCUT2D eigenvalue weighted by atomic mass is 16.4. The number of aliphatic carboxylic acids is 1. The first-order chi connectivity index (χ1) is 7.04. The van der Waals surface area contributed by atoms with E-state index in [1.165, 1.54) is 18.2 Å². The highest BCUT2D eigenvalue weighted by molar-refractivity contribution is 5.68. The Balaban J connectivity index is 3.00. The molecule has 0 saturated carbocycles. The molecule has 82 valence electrons. The quantitative estimate of drug-likeness (QED) is 0.546. The highest BCUT2D eigenvalue weighted by Gasteiger charge is 2.17. The molecular weight excluding hydrogens is 198 g/mol. The van der Waals surface area contributed by atoms with Crippen LogP contribution in [-0.2, 0) is 4.79 Å². The van der Waals surface area contributed by atoms with E-state index >= 15 is 0 Å². The number of phenols is 2. The molecule has 1 rings (SSSR count). The minimum absolute atomic E-state index is 0.0216. The van der Waals surface area contributed by atoms with Crippen LogP contribution >= 0.6 is 0 Å². The fraction of sp³-hybridized carbons (Fsp3) is 0.300. The molecule has 1 unspecified atom stereocenters. The van der Waals surface area contributed by atoms with Gasteiger partial charge >= 0.3 is 5.97 Å². The molecular formula is C10H13NO4. The maximum atomic E-state index is 10.5. The summed E-state index contributed by atoms with van der Waals surface area (Å²) < 4.78 is 0. The summed E-state index contributed by atoms with van der Waals surface area (Å²) in [5.74, 6) is -1.56. The molecule has 0 aliphatic carbocycles. The molecule has 0 spiro atoms. The van der Waals surface area contributed by atoms with Crippen molar-refractivity contribution in [3.8, 4) is 11.5 Å². The Morgan fingerprint density at radius 3 is 2.60 bits per heavy atom. The van der Waals surface area contributed by atoms with Crippen molar-refractivity contribution >= 4 is 5.97 Å². The van der Waals surface area contributed by atoms with Crippen LogP contribution in [0.5, 0.6) is 11.5 Å². The normalized spacial score (nSPS) is 12.3. The van der Waals surface area contributed by atoms with Crippen molar-refractivity contribution in [1.29, 1.82) is 0 Å². The van der Waals surface area contributed by atoms with Gasteiger partial charge < -0.3 is 21.1 Å². The van der Waals surface area contributed by atoms with Gasteiger partial charge in [-0.25, -0.2) is 0 Å². The average molecular weight is 211 g/mol. The largest absolute Gasteiger partial charge is 0.508 e. The minimum Gasteiger partial charge on any atom is -0.508 e. The van der Waals surface area contributed by atoms with Crippen molar-refractivity contribution in [3.05, 3.63) is 23.8 Å². The van der Waals surface area contributed by atoms with Gasteiger partial charge in [0.05, 0.1) is 6.42 Å². The van der Waals surface area contributed by atoms with E-state index in [0.29, 0.717) is 5.56 Å². The number of benzene rings is 1. The van der Waals surface area contributed by atoms with Gasteiger partial charge in [0, 0.05) is 11.5 Å². The summed E-state index contributed by atoms with van der Waals surface area (Å²) in [5.41, 5.74) is 5.78. The summed E-state index contributed by atoms with van der Waals surface area (Å²) in [4.78, 5) is 10.5. The molecule has 0 heterocycles. The Labute approximate surface area is 86.8 Å². The van der Waals surface area contributed by atoms with Crippen LogP contribution < -0.4 is 5.73 Å². The van der Waals surface area contributed by atoms with Crippen LogP contribution in [0.25, 0.3) is 0 Å². The van der Waals surface area contributed by atoms with Gasteiger partial charge in [-0.2, -0.15) is 0 Å². The van der Waals surface area contributed by atoms with Crippen molar-refractivity contribution in [3.63, 3.8) is 0 Å². The summed E-state index contributed by atoms with van der Waals surface area (Å²) in [5, 5.41) is 27.3. The smallest absolute Gasteiger partial charge is 0.304 e. The monoisotopic (exact) mass is 211 g/mol. The third kappa shape index (κ3) is 2.85. The van der Waals surface area contributed by atoms with E-state index in [1.807, 2.05) is 0 Å². The molecule has 0 amide bonds. The topological polar surface area (TPSA) is 104 Å². The number of carbonyl (C=O) groups is 1. The number of phenolic OH excluding ortho intramolecular Hbond substituents is 2. The summed E-state index contributed by atoms with van der Waals surface area (Å²) >= 11 is 0. The van der Waals surface area contributed by atoms with Crippen LogP contribution in [0.2, 0.25) is 0 Å². The Hall–Kier alpha value is -1.75. The number of rotatable bonds is 4. The number of carboxylic acid groups (broad SMARTS) is 1. The maximum Gasteiger partial charge on any atom is 0.304 e. The molecule has 15 heavy (non-hydrogen) atoms. The molecule has 1 atom stereocenters. The van der Waals surface area contributed by atoms with Crippen LogP contribution in [0.1, 0.15) is 17.9 Å². The van der Waals surface area contributed by atoms with Gasteiger partial charge in [-0.1, -0.05) is 0 Å². The van der Waals surface area contributed by atoms with Gasteiger partial charge in [-0.3, -0.25) is 4.79 Å². The van der Waals surface area contributed by atoms with Crippen molar-refractivity contribution in [2.24, 2.45) is 5.73 Å². The molecule has 0 saturated heterocycles. The van der Waals surface area contributed by atoms with Crippen LogP contribution in [0.3, 0.4) is 0 Å². The molecule has 0 aliphatic rings. The molecule has 1 aromatic rings. The Morgan fingerprint density at radius 1 is 1.40 bits per heavy atom. The standard InChI is InChI=1S/C10H13NO4/c11-5-6(3-10(14)15)8-4-7(12)1-2-9(8)13/h1-2,4,6,12-13H,3,5,11H2,(H,14,15). The minimum atomic E-state index is -0.992. The molecule has 0 aliphatic heterocycles. The van der Waals surface area contributed by atoms with Gasteiger partial charge in [0.2, 0.25) is 0 Å². The lowest BCUT2D eigenvalue weighted by molar-refractivity contribution is -0.137. The first-order valence-electron chi connectivity index (χ1n) is 4.48. The second-order valence-corrected chi connectivity index (χ2v) is 3.27. The predicted molar refractivity (Wildman–Crippen MR) is 53.8 cm³/mol. The van der Waals surface area contributed by atoms with E-state index in [9.17, 15) is 15.0 Å². The van der Waals surface area contributed by atoms with Crippen LogP contribution in [0.4, 0.5) is 0 Å². The zero-order valence-electron chi connectivity index (χ0n) is 8.05. The lowest BCUT2D eigenvalue weighted by atomic mass is 9.95. The van der Waals surface area contributed by atoms with Gasteiger partial charge in [-0.05, 0) is 24.7 Å². The lowest BCUT2D eigenvalue weighted by Gasteiger charge is -2.14. The second kappa shape index (κ2) is 4.65.